The molecule has 0 saturated carbocycles. The number of hydrogen-bond acceptors (Lipinski definition) is 1. The molecule has 2 aromatic carbocycles. The van der Waals surface area contributed by atoms with Crippen LogP contribution in [0, 0.1) is 6.92 Å². The zero-order valence-electron chi connectivity index (χ0n) is 16.0. The van der Waals surface area contributed by atoms with Crippen molar-refractivity contribution in [1.82, 2.24) is 0 Å². The summed E-state index contributed by atoms with van der Waals surface area (Å²) in [5.74, 6) is 0.933. The van der Waals surface area contributed by atoms with E-state index in [0.29, 0.717) is 0 Å². The lowest BCUT2D eigenvalue weighted by molar-refractivity contribution is 0.412. The molecule has 23 heavy (non-hydrogen) atoms. The number of methoxy groups -OCH3 is 1. The Morgan fingerprint density at radius 3 is 1.57 bits per heavy atom. The first kappa shape index (κ1) is 19.3. The van der Waals surface area contributed by atoms with Crippen LogP contribution in [0.3, 0.4) is 0 Å². The van der Waals surface area contributed by atoms with Crippen LogP contribution < -0.4 is 4.74 Å². The van der Waals surface area contributed by atoms with Gasteiger partial charge in [0.15, 0.2) is 0 Å². The van der Waals surface area contributed by atoms with E-state index in [0.717, 1.165) is 5.75 Å². The van der Waals surface area contributed by atoms with Gasteiger partial charge in [-0.2, -0.15) is 0 Å². The molecule has 0 aliphatic carbocycles. The second-order valence-electron chi connectivity index (χ2n) is 8.10. The second kappa shape index (κ2) is 7.68. The van der Waals surface area contributed by atoms with E-state index in [4.69, 9.17) is 4.74 Å². The number of ether oxygens (including phenoxy) is 1. The molecule has 1 nitrogen and oxygen atoms in total. The lowest BCUT2D eigenvalue weighted by Gasteiger charge is -2.19. The summed E-state index contributed by atoms with van der Waals surface area (Å²) in [6.45, 7) is 15.4. The van der Waals surface area contributed by atoms with Gasteiger partial charge < -0.3 is 4.74 Å². The molecule has 0 radical (unpaired) electrons. The van der Waals surface area contributed by atoms with Crippen LogP contribution in [-0.2, 0) is 10.8 Å². The van der Waals surface area contributed by atoms with Crippen molar-refractivity contribution >= 4 is 0 Å². The number of benzene rings is 2. The monoisotopic (exact) mass is 312 g/mol. The molecule has 0 aliphatic heterocycles. The Morgan fingerprint density at radius 2 is 1.17 bits per heavy atom. The van der Waals surface area contributed by atoms with Gasteiger partial charge in [-0.25, -0.2) is 0 Å². The van der Waals surface area contributed by atoms with Crippen molar-refractivity contribution in [2.24, 2.45) is 0 Å². The number of rotatable bonds is 1. The van der Waals surface area contributed by atoms with Crippen LogP contribution in [0.2, 0.25) is 0 Å². The van der Waals surface area contributed by atoms with Crippen LogP contribution in [0.4, 0.5) is 0 Å². The Hall–Kier alpha value is -1.76. The molecular formula is C22H32O. The first-order valence-corrected chi connectivity index (χ1v) is 8.26. The highest BCUT2D eigenvalue weighted by atomic mass is 16.5. The summed E-state index contributed by atoms with van der Waals surface area (Å²) < 4.78 is 5.15. The van der Waals surface area contributed by atoms with E-state index < -0.39 is 0 Å². The molecular weight excluding hydrogens is 280 g/mol. The third-order valence-electron chi connectivity index (χ3n) is 3.82. The third kappa shape index (κ3) is 6.48. The van der Waals surface area contributed by atoms with Crippen molar-refractivity contribution in [3.63, 3.8) is 0 Å². The smallest absolute Gasteiger partial charge is 0.119 e. The van der Waals surface area contributed by atoms with Crippen LogP contribution >= 0.6 is 0 Å². The molecule has 2 aromatic rings. The molecule has 1 heteroatoms. The second-order valence-corrected chi connectivity index (χ2v) is 8.10. The van der Waals surface area contributed by atoms with E-state index in [1.165, 1.54) is 16.7 Å². The van der Waals surface area contributed by atoms with Crippen molar-refractivity contribution in [3.05, 3.63) is 65.2 Å². The van der Waals surface area contributed by atoms with Crippen molar-refractivity contribution in [1.29, 1.82) is 0 Å². The Morgan fingerprint density at radius 1 is 0.696 bits per heavy atom. The molecule has 0 fully saturated rings. The van der Waals surface area contributed by atoms with E-state index in [2.05, 4.69) is 84.9 Å². The summed E-state index contributed by atoms with van der Waals surface area (Å²) >= 11 is 0. The predicted molar refractivity (Wildman–Crippen MR) is 102 cm³/mol. The minimum atomic E-state index is 0.203. The van der Waals surface area contributed by atoms with Gasteiger partial charge in [0.05, 0.1) is 7.11 Å². The maximum absolute atomic E-state index is 5.15. The van der Waals surface area contributed by atoms with E-state index in [-0.39, 0.29) is 10.8 Å². The summed E-state index contributed by atoms with van der Waals surface area (Å²) in [6, 6.07) is 16.9. The van der Waals surface area contributed by atoms with Gasteiger partial charge in [-0.15, -0.1) is 0 Å². The van der Waals surface area contributed by atoms with Crippen LogP contribution in [-0.4, -0.2) is 7.11 Å². The lowest BCUT2D eigenvalue weighted by atomic mass is 9.86. The standard InChI is InChI=1S/C11H16O.C11H16/c1-11(2,3)9-6-5-7-10(8-9)12-4;1-9-6-5-7-10(8-9)11(2,3)4/h5-8H,1-4H3;5-8H,1-4H3. The van der Waals surface area contributed by atoms with Gasteiger partial charge in [-0.3, -0.25) is 0 Å². The van der Waals surface area contributed by atoms with E-state index in [1.54, 1.807) is 7.11 Å². The molecule has 0 spiro atoms. The van der Waals surface area contributed by atoms with Gasteiger partial charge in [-0.05, 0) is 41.0 Å². The van der Waals surface area contributed by atoms with Crippen LogP contribution in [0.15, 0.2) is 48.5 Å². The van der Waals surface area contributed by atoms with Gasteiger partial charge in [0, 0.05) is 0 Å². The molecule has 0 N–H and O–H groups in total. The molecule has 0 aliphatic rings. The zero-order valence-corrected chi connectivity index (χ0v) is 16.0. The quantitative estimate of drug-likeness (QED) is 0.601. The molecule has 0 atom stereocenters. The summed E-state index contributed by atoms with van der Waals surface area (Å²) in [6.07, 6.45) is 0. The molecule has 0 heterocycles. The summed E-state index contributed by atoms with van der Waals surface area (Å²) in [4.78, 5) is 0. The van der Waals surface area contributed by atoms with Crippen LogP contribution in [0.1, 0.15) is 58.2 Å². The van der Waals surface area contributed by atoms with E-state index in [1.807, 2.05) is 12.1 Å². The highest BCUT2D eigenvalue weighted by Gasteiger charge is 2.13. The Balaban J connectivity index is 0.000000231. The van der Waals surface area contributed by atoms with Crippen LogP contribution in [0.5, 0.6) is 5.75 Å². The lowest BCUT2D eigenvalue weighted by Crippen LogP contribution is -2.10. The Kier molecular flexibility index (Phi) is 6.44. The van der Waals surface area contributed by atoms with Gasteiger partial charge in [0.1, 0.15) is 5.75 Å². The third-order valence-corrected chi connectivity index (χ3v) is 3.82. The minimum absolute atomic E-state index is 0.203. The maximum atomic E-state index is 5.15. The highest BCUT2D eigenvalue weighted by Crippen LogP contribution is 2.25. The molecule has 0 amide bonds. The largest absolute Gasteiger partial charge is 0.497 e. The zero-order chi connectivity index (χ0) is 17.7. The van der Waals surface area contributed by atoms with Gasteiger partial charge in [0.2, 0.25) is 0 Å². The van der Waals surface area contributed by atoms with E-state index >= 15 is 0 Å². The highest BCUT2D eigenvalue weighted by molar-refractivity contribution is 5.32. The van der Waals surface area contributed by atoms with Crippen molar-refractivity contribution < 1.29 is 4.74 Å². The average molecular weight is 312 g/mol. The predicted octanol–water partition coefficient (Wildman–Crippen LogP) is 6.29. The maximum Gasteiger partial charge on any atom is 0.119 e. The fourth-order valence-corrected chi connectivity index (χ4v) is 2.20. The molecule has 0 bridgehead atoms. The van der Waals surface area contributed by atoms with Gasteiger partial charge in [0.25, 0.3) is 0 Å². The van der Waals surface area contributed by atoms with Gasteiger partial charge in [-0.1, -0.05) is 83.5 Å². The summed E-state index contributed by atoms with van der Waals surface area (Å²) in [5, 5.41) is 0. The fourth-order valence-electron chi connectivity index (χ4n) is 2.20. The fraction of sp³-hybridized carbons (Fsp3) is 0.455. The van der Waals surface area contributed by atoms with Gasteiger partial charge >= 0.3 is 0 Å². The number of aryl methyl sites for hydroxylation is 1. The number of hydrogen-bond donors (Lipinski definition) is 0. The molecule has 0 saturated heterocycles. The average Bonchev–Trinajstić information content (AvgIpc) is 2.46. The van der Waals surface area contributed by atoms with Crippen molar-refractivity contribution in [3.8, 4) is 5.75 Å². The SMILES string of the molecule is COc1cccc(C(C)(C)C)c1.Cc1cccc(C(C)(C)C)c1. The molecule has 126 valence electrons. The summed E-state index contributed by atoms with van der Waals surface area (Å²) in [7, 11) is 1.70. The Labute approximate surface area is 142 Å². The normalized spacial score (nSPS) is 11.5. The topological polar surface area (TPSA) is 9.23 Å². The summed E-state index contributed by atoms with van der Waals surface area (Å²) in [5.41, 5.74) is 4.55. The van der Waals surface area contributed by atoms with Crippen molar-refractivity contribution in [2.45, 2.75) is 59.3 Å². The first-order chi connectivity index (χ1) is 10.5. The molecule has 2 rings (SSSR count). The Bertz CT molecular complexity index is 612. The van der Waals surface area contributed by atoms with Crippen molar-refractivity contribution in [2.75, 3.05) is 7.11 Å². The minimum Gasteiger partial charge on any atom is -0.497 e. The molecule has 0 aromatic heterocycles. The van der Waals surface area contributed by atoms with E-state index in [9.17, 15) is 0 Å². The first-order valence-electron chi connectivity index (χ1n) is 8.26. The molecule has 0 unspecified atom stereocenters. The van der Waals surface area contributed by atoms with Crippen LogP contribution in [0.25, 0.3) is 0 Å².